The monoisotopic (exact) mass is 141 g/mol. The van der Waals surface area contributed by atoms with Gasteiger partial charge < -0.3 is 9.94 Å². The molecule has 0 aliphatic heterocycles. The molecule has 0 spiro atoms. The summed E-state index contributed by atoms with van der Waals surface area (Å²) in [6, 6.07) is 0. The van der Waals surface area contributed by atoms with Gasteiger partial charge in [-0.15, -0.1) is 6.42 Å². The summed E-state index contributed by atoms with van der Waals surface area (Å²) >= 11 is 0. The molecular formula is C6H7NO3. The highest BCUT2D eigenvalue weighted by Gasteiger charge is 2.08. The predicted octanol–water partition coefficient (Wildman–Crippen LogP) is 0.0129. The first-order valence-electron chi connectivity index (χ1n) is 2.62. The third kappa shape index (κ3) is 2.18. The minimum atomic E-state index is -0.785. The van der Waals surface area contributed by atoms with Gasteiger partial charge in [-0.05, 0) is 12.8 Å². The molecule has 0 saturated carbocycles. The molecule has 0 aliphatic carbocycles. The zero-order valence-electron chi connectivity index (χ0n) is 5.50. The number of carbonyl (C=O) groups is 1. The molecule has 0 radical (unpaired) electrons. The highest BCUT2D eigenvalue weighted by atomic mass is 16.5. The van der Waals surface area contributed by atoms with E-state index in [-0.39, 0.29) is 6.61 Å². The largest absolute Gasteiger partial charge is 0.461 e. The van der Waals surface area contributed by atoms with Crippen LogP contribution >= 0.6 is 0 Å². The van der Waals surface area contributed by atoms with Crippen LogP contribution in [0.1, 0.15) is 6.92 Å². The van der Waals surface area contributed by atoms with Gasteiger partial charge in [-0.3, -0.25) is 0 Å². The van der Waals surface area contributed by atoms with Crippen molar-refractivity contribution in [3.8, 4) is 12.3 Å². The Morgan fingerprint density at radius 2 is 2.50 bits per heavy atom. The molecule has 1 N–H and O–H groups in total. The van der Waals surface area contributed by atoms with E-state index in [0.29, 0.717) is 0 Å². The van der Waals surface area contributed by atoms with E-state index < -0.39 is 11.7 Å². The molecule has 0 aromatic heterocycles. The minimum absolute atomic E-state index is 0.208. The number of oxime groups is 1. The van der Waals surface area contributed by atoms with Crippen molar-refractivity contribution in [1.82, 2.24) is 0 Å². The fourth-order valence-electron chi connectivity index (χ4n) is 0.328. The molecule has 0 unspecified atom stereocenters. The normalized spacial score (nSPS) is 10.2. The summed E-state index contributed by atoms with van der Waals surface area (Å²) in [4.78, 5) is 10.5. The molecule has 0 heterocycles. The third-order valence-electron chi connectivity index (χ3n) is 0.705. The highest BCUT2D eigenvalue weighted by Crippen LogP contribution is 1.81. The van der Waals surface area contributed by atoms with Crippen LogP contribution in [-0.2, 0) is 9.53 Å². The Morgan fingerprint density at radius 1 is 1.90 bits per heavy atom. The van der Waals surface area contributed by atoms with E-state index in [9.17, 15) is 4.79 Å². The fourth-order valence-corrected chi connectivity index (χ4v) is 0.328. The number of ether oxygens (including phenoxy) is 1. The van der Waals surface area contributed by atoms with Crippen LogP contribution in [0.5, 0.6) is 0 Å². The van der Waals surface area contributed by atoms with Gasteiger partial charge in [0.15, 0.2) is 0 Å². The molecular weight excluding hydrogens is 134 g/mol. The van der Waals surface area contributed by atoms with Gasteiger partial charge >= 0.3 is 5.97 Å². The lowest BCUT2D eigenvalue weighted by Gasteiger charge is -1.95. The molecule has 10 heavy (non-hydrogen) atoms. The van der Waals surface area contributed by atoms with Crippen LogP contribution in [0.2, 0.25) is 0 Å². The maximum Gasteiger partial charge on any atom is 0.369 e. The molecule has 0 saturated heterocycles. The number of hydrogen-bond acceptors (Lipinski definition) is 4. The van der Waals surface area contributed by atoms with E-state index in [1.165, 1.54) is 0 Å². The van der Waals surface area contributed by atoms with Gasteiger partial charge in [0, 0.05) is 0 Å². The first kappa shape index (κ1) is 8.50. The van der Waals surface area contributed by atoms with Crippen molar-refractivity contribution in [2.24, 2.45) is 5.16 Å². The average Bonchev–Trinajstić information content (AvgIpc) is 1.91. The van der Waals surface area contributed by atoms with Crippen LogP contribution in [0.25, 0.3) is 0 Å². The van der Waals surface area contributed by atoms with E-state index in [4.69, 9.17) is 11.6 Å². The molecule has 0 bridgehead atoms. The van der Waals surface area contributed by atoms with Crippen molar-refractivity contribution in [2.75, 3.05) is 6.61 Å². The molecule has 0 aliphatic rings. The number of carbonyl (C=O) groups excluding carboxylic acids is 1. The summed E-state index contributed by atoms with van der Waals surface area (Å²) < 4.78 is 4.41. The zero-order valence-corrected chi connectivity index (χ0v) is 5.50. The number of esters is 1. The summed E-state index contributed by atoms with van der Waals surface area (Å²) in [5.41, 5.74) is -0.415. The average molecular weight is 141 g/mol. The van der Waals surface area contributed by atoms with Crippen LogP contribution in [0.3, 0.4) is 0 Å². The Balaban J connectivity index is 4.08. The zero-order chi connectivity index (χ0) is 7.98. The molecule has 0 aromatic carbocycles. The van der Waals surface area contributed by atoms with Gasteiger partial charge in [0.1, 0.15) is 0 Å². The Hall–Kier alpha value is -1.50. The number of hydrogen-bond donors (Lipinski definition) is 1. The van der Waals surface area contributed by atoms with E-state index in [0.717, 1.165) is 0 Å². The second-order valence-corrected chi connectivity index (χ2v) is 1.31. The predicted molar refractivity (Wildman–Crippen MR) is 34.7 cm³/mol. The van der Waals surface area contributed by atoms with Gasteiger partial charge in [-0.2, -0.15) is 0 Å². The first-order valence-corrected chi connectivity index (χ1v) is 2.62. The minimum Gasteiger partial charge on any atom is -0.461 e. The first-order chi connectivity index (χ1) is 4.76. The summed E-state index contributed by atoms with van der Waals surface area (Å²) in [6.45, 7) is 1.84. The lowest BCUT2D eigenvalue weighted by molar-refractivity contribution is -0.135. The summed E-state index contributed by atoms with van der Waals surface area (Å²) in [7, 11) is 0. The maximum absolute atomic E-state index is 10.5. The van der Waals surface area contributed by atoms with E-state index >= 15 is 0 Å². The van der Waals surface area contributed by atoms with Crippen LogP contribution in [0.15, 0.2) is 5.16 Å². The van der Waals surface area contributed by atoms with Crippen molar-refractivity contribution in [3.63, 3.8) is 0 Å². The summed E-state index contributed by atoms with van der Waals surface area (Å²) in [5, 5.41) is 10.6. The van der Waals surface area contributed by atoms with Crippen LogP contribution in [0, 0.1) is 12.3 Å². The Morgan fingerprint density at radius 3 is 2.80 bits per heavy atom. The molecule has 4 heteroatoms. The molecule has 0 fully saturated rings. The molecule has 0 aromatic rings. The Bertz CT molecular complexity index is 190. The van der Waals surface area contributed by atoms with E-state index in [1.54, 1.807) is 6.92 Å². The fraction of sp³-hybridized carbons (Fsp3) is 0.333. The lowest BCUT2D eigenvalue weighted by atomic mass is 10.4. The third-order valence-corrected chi connectivity index (χ3v) is 0.705. The van der Waals surface area contributed by atoms with Crippen LogP contribution in [-0.4, -0.2) is 23.5 Å². The summed E-state index contributed by atoms with van der Waals surface area (Å²) in [5.74, 6) is 1.08. The number of terminal acetylenes is 1. The second kappa shape index (κ2) is 4.39. The Kier molecular flexibility index (Phi) is 3.73. The van der Waals surface area contributed by atoms with Crippen molar-refractivity contribution in [2.45, 2.75) is 6.92 Å². The SMILES string of the molecule is C#CC(=NO)C(=O)OCC. The van der Waals surface area contributed by atoms with Crippen LogP contribution < -0.4 is 0 Å². The van der Waals surface area contributed by atoms with Crippen molar-refractivity contribution in [3.05, 3.63) is 0 Å². The maximum atomic E-state index is 10.5. The van der Waals surface area contributed by atoms with Gasteiger partial charge in [-0.25, -0.2) is 4.79 Å². The van der Waals surface area contributed by atoms with Gasteiger partial charge in [-0.1, -0.05) is 5.16 Å². The Labute approximate surface area is 58.5 Å². The standard InChI is InChI=1S/C6H7NO3/c1-3-5(7-9)6(8)10-4-2/h1,9H,4H2,2H3. The molecule has 54 valence electrons. The van der Waals surface area contributed by atoms with E-state index in [1.807, 2.05) is 5.92 Å². The van der Waals surface area contributed by atoms with Crippen molar-refractivity contribution < 1.29 is 14.7 Å². The topological polar surface area (TPSA) is 58.9 Å². The molecule has 0 rings (SSSR count). The van der Waals surface area contributed by atoms with Crippen molar-refractivity contribution >= 4 is 11.7 Å². The number of nitrogens with zero attached hydrogens (tertiary/aromatic N) is 1. The van der Waals surface area contributed by atoms with Gasteiger partial charge in [0.05, 0.1) is 6.61 Å². The quantitative estimate of drug-likeness (QED) is 0.194. The second-order valence-electron chi connectivity index (χ2n) is 1.31. The molecule has 0 atom stereocenters. The highest BCUT2D eigenvalue weighted by molar-refractivity contribution is 6.43. The van der Waals surface area contributed by atoms with Crippen molar-refractivity contribution in [1.29, 1.82) is 0 Å². The van der Waals surface area contributed by atoms with Crippen LogP contribution in [0.4, 0.5) is 0 Å². The summed E-state index contributed by atoms with van der Waals surface area (Å²) in [6.07, 6.45) is 4.77. The smallest absolute Gasteiger partial charge is 0.369 e. The van der Waals surface area contributed by atoms with Gasteiger partial charge in [0.2, 0.25) is 5.71 Å². The number of rotatable bonds is 2. The van der Waals surface area contributed by atoms with Gasteiger partial charge in [0.25, 0.3) is 0 Å². The van der Waals surface area contributed by atoms with E-state index in [2.05, 4.69) is 9.89 Å². The lowest BCUT2D eigenvalue weighted by Crippen LogP contribution is -2.15. The molecule has 4 nitrogen and oxygen atoms in total. The molecule has 0 amide bonds.